The first kappa shape index (κ1) is 20.2. The molecule has 30 heavy (non-hydrogen) atoms. The van der Waals surface area contributed by atoms with Crippen molar-refractivity contribution >= 4 is 17.6 Å². The zero-order chi connectivity index (χ0) is 21.4. The number of carbonyl (C=O) groups excluding carboxylic acids is 2. The summed E-state index contributed by atoms with van der Waals surface area (Å²) in [7, 11) is 0. The van der Waals surface area contributed by atoms with Gasteiger partial charge in [-0.2, -0.15) is 5.10 Å². The molecule has 5 atom stereocenters. The first-order chi connectivity index (χ1) is 14.4. The van der Waals surface area contributed by atoms with Crippen LogP contribution in [0.3, 0.4) is 0 Å². The molecule has 1 aromatic heterocycles. The van der Waals surface area contributed by atoms with Gasteiger partial charge in [-0.3, -0.25) is 14.9 Å². The highest BCUT2D eigenvalue weighted by molar-refractivity contribution is 5.94. The molecule has 3 N–H and O–H groups in total. The van der Waals surface area contributed by atoms with Gasteiger partial charge in [0.25, 0.3) is 5.91 Å². The Morgan fingerprint density at radius 3 is 2.60 bits per heavy atom. The monoisotopic (exact) mass is 413 g/mol. The van der Waals surface area contributed by atoms with Crippen molar-refractivity contribution in [2.45, 2.75) is 58.7 Å². The fourth-order valence-electron chi connectivity index (χ4n) is 3.96. The van der Waals surface area contributed by atoms with Gasteiger partial charge in [0.15, 0.2) is 17.8 Å². The summed E-state index contributed by atoms with van der Waals surface area (Å²) in [5.41, 5.74) is 0.714. The summed E-state index contributed by atoms with van der Waals surface area (Å²) in [6, 6.07) is 8.99. The molecule has 2 aromatic rings. The van der Waals surface area contributed by atoms with Crippen LogP contribution >= 0.6 is 0 Å². The van der Waals surface area contributed by atoms with Gasteiger partial charge in [-0.15, -0.1) is 0 Å². The first-order valence-corrected chi connectivity index (χ1v) is 10.2. The molecule has 5 unspecified atom stereocenters. The minimum absolute atomic E-state index is 0.0200. The van der Waals surface area contributed by atoms with Crippen LogP contribution < -0.4 is 25.4 Å². The third-order valence-corrected chi connectivity index (χ3v) is 5.53. The molecule has 0 spiro atoms. The lowest BCUT2D eigenvalue weighted by atomic mass is 9.95. The number of anilines is 1. The Balaban J connectivity index is 1.52. The summed E-state index contributed by atoms with van der Waals surface area (Å²) in [6.45, 7) is 7.57. The van der Waals surface area contributed by atoms with Crippen molar-refractivity contribution in [1.29, 1.82) is 0 Å². The molecule has 1 fully saturated rings. The zero-order valence-corrected chi connectivity index (χ0v) is 17.5. The average molecular weight is 413 g/mol. The van der Waals surface area contributed by atoms with Crippen LogP contribution in [0.5, 0.6) is 11.5 Å². The van der Waals surface area contributed by atoms with Gasteiger partial charge >= 0.3 is 0 Å². The van der Waals surface area contributed by atoms with Gasteiger partial charge < -0.3 is 20.1 Å². The highest BCUT2D eigenvalue weighted by atomic mass is 16.6. The number of para-hydroxylation sites is 2. The van der Waals surface area contributed by atoms with Crippen molar-refractivity contribution in [3.63, 3.8) is 0 Å². The standard InChI is InChI=1S/C21H27N5O4/c1-5-14-12(3)22-21(24-19(14)27)26-17(10-11(2)25-26)23-20(28)18-13(4)29-15-8-6-7-9-16(15)30-18/h6-10,12-14,18,21-22H,5H2,1-4H3,(H,23,28)(H,24,27). The quantitative estimate of drug-likeness (QED) is 0.707. The maximum Gasteiger partial charge on any atom is 0.270 e. The van der Waals surface area contributed by atoms with E-state index in [-0.39, 0.29) is 23.8 Å². The van der Waals surface area contributed by atoms with E-state index >= 15 is 0 Å². The number of benzene rings is 1. The molecule has 2 amide bonds. The molecule has 2 aliphatic heterocycles. The van der Waals surface area contributed by atoms with E-state index in [1.54, 1.807) is 29.8 Å². The number of hydrogen-bond donors (Lipinski definition) is 3. The minimum Gasteiger partial charge on any atom is -0.482 e. The van der Waals surface area contributed by atoms with Crippen LogP contribution in [0.25, 0.3) is 0 Å². The fraction of sp³-hybridized carbons (Fsp3) is 0.476. The van der Waals surface area contributed by atoms with Crippen LogP contribution in [0.4, 0.5) is 5.82 Å². The van der Waals surface area contributed by atoms with Crippen LogP contribution in [0.1, 0.15) is 39.2 Å². The maximum atomic E-state index is 13.0. The van der Waals surface area contributed by atoms with Crippen LogP contribution in [-0.2, 0) is 9.59 Å². The second-order valence-electron chi connectivity index (χ2n) is 7.79. The average Bonchev–Trinajstić information content (AvgIpc) is 3.07. The normalized spacial score (nSPS) is 28.0. The molecule has 0 radical (unpaired) electrons. The Morgan fingerprint density at radius 1 is 1.23 bits per heavy atom. The van der Waals surface area contributed by atoms with Crippen molar-refractivity contribution in [2.24, 2.45) is 5.92 Å². The number of carbonyl (C=O) groups is 2. The van der Waals surface area contributed by atoms with E-state index in [1.807, 2.05) is 32.9 Å². The lowest BCUT2D eigenvalue weighted by Gasteiger charge is -2.36. The van der Waals surface area contributed by atoms with Gasteiger partial charge in [-0.1, -0.05) is 19.1 Å². The highest BCUT2D eigenvalue weighted by Gasteiger charge is 2.37. The molecule has 9 heteroatoms. The number of fused-ring (bicyclic) bond motifs is 1. The number of amides is 2. The fourth-order valence-corrected chi connectivity index (χ4v) is 3.96. The van der Waals surface area contributed by atoms with Gasteiger partial charge in [-0.05, 0) is 39.3 Å². The van der Waals surface area contributed by atoms with E-state index in [1.165, 1.54) is 0 Å². The number of hydrogen-bond acceptors (Lipinski definition) is 6. The van der Waals surface area contributed by atoms with E-state index in [4.69, 9.17) is 9.47 Å². The summed E-state index contributed by atoms with van der Waals surface area (Å²) in [5, 5.41) is 13.6. The summed E-state index contributed by atoms with van der Waals surface area (Å²) in [5.74, 6) is 1.12. The molecule has 9 nitrogen and oxygen atoms in total. The molecular weight excluding hydrogens is 386 g/mol. The third-order valence-electron chi connectivity index (χ3n) is 5.53. The van der Waals surface area contributed by atoms with E-state index < -0.39 is 18.5 Å². The largest absolute Gasteiger partial charge is 0.482 e. The third kappa shape index (κ3) is 3.72. The number of rotatable bonds is 4. The van der Waals surface area contributed by atoms with E-state index in [0.29, 0.717) is 23.0 Å². The number of ether oxygens (including phenoxy) is 2. The van der Waals surface area contributed by atoms with Crippen molar-refractivity contribution < 1.29 is 19.1 Å². The molecule has 0 saturated carbocycles. The van der Waals surface area contributed by atoms with E-state index in [9.17, 15) is 9.59 Å². The predicted molar refractivity (Wildman–Crippen MR) is 110 cm³/mol. The summed E-state index contributed by atoms with van der Waals surface area (Å²) >= 11 is 0. The number of aryl methyl sites for hydroxylation is 1. The second-order valence-corrected chi connectivity index (χ2v) is 7.79. The SMILES string of the molecule is CCC1C(=O)NC(n2nc(C)cc2NC(=O)C2Oc3ccccc3OC2C)NC1C. The Labute approximate surface area is 175 Å². The van der Waals surface area contributed by atoms with E-state index in [2.05, 4.69) is 21.0 Å². The van der Waals surface area contributed by atoms with Crippen LogP contribution in [0.2, 0.25) is 0 Å². The van der Waals surface area contributed by atoms with Crippen molar-refractivity contribution in [1.82, 2.24) is 20.4 Å². The smallest absolute Gasteiger partial charge is 0.270 e. The van der Waals surface area contributed by atoms with Crippen molar-refractivity contribution in [3.05, 3.63) is 36.0 Å². The second kappa shape index (κ2) is 7.98. The highest BCUT2D eigenvalue weighted by Crippen LogP contribution is 2.33. The molecule has 0 bridgehead atoms. The molecule has 1 aromatic carbocycles. The van der Waals surface area contributed by atoms with Gasteiger partial charge in [0.2, 0.25) is 12.0 Å². The molecule has 2 aliphatic rings. The minimum atomic E-state index is -0.819. The Hall–Kier alpha value is -3.07. The topological polar surface area (TPSA) is 107 Å². The molecule has 0 aliphatic carbocycles. The Morgan fingerprint density at radius 2 is 1.93 bits per heavy atom. The van der Waals surface area contributed by atoms with Gasteiger partial charge in [-0.25, -0.2) is 4.68 Å². The summed E-state index contributed by atoms with van der Waals surface area (Å²) < 4.78 is 13.3. The summed E-state index contributed by atoms with van der Waals surface area (Å²) in [4.78, 5) is 25.4. The zero-order valence-electron chi connectivity index (χ0n) is 17.5. The molecular formula is C21H27N5O4. The van der Waals surface area contributed by atoms with Crippen molar-refractivity contribution in [2.75, 3.05) is 5.32 Å². The van der Waals surface area contributed by atoms with Crippen molar-refractivity contribution in [3.8, 4) is 11.5 Å². The Kier molecular flexibility index (Phi) is 5.38. The predicted octanol–water partition coefficient (Wildman–Crippen LogP) is 1.95. The molecule has 160 valence electrons. The van der Waals surface area contributed by atoms with Gasteiger partial charge in [0.05, 0.1) is 11.6 Å². The Bertz CT molecular complexity index is 959. The van der Waals surface area contributed by atoms with Gasteiger partial charge in [0, 0.05) is 12.1 Å². The van der Waals surface area contributed by atoms with E-state index in [0.717, 1.165) is 6.42 Å². The number of nitrogens with zero attached hydrogens (tertiary/aromatic N) is 2. The van der Waals surface area contributed by atoms with Crippen LogP contribution in [0, 0.1) is 12.8 Å². The molecule has 1 saturated heterocycles. The number of nitrogens with one attached hydrogen (secondary N) is 3. The maximum absolute atomic E-state index is 13.0. The number of aromatic nitrogens is 2. The lowest BCUT2D eigenvalue weighted by Crippen LogP contribution is -2.57. The van der Waals surface area contributed by atoms with Crippen LogP contribution in [0.15, 0.2) is 30.3 Å². The van der Waals surface area contributed by atoms with Gasteiger partial charge in [0.1, 0.15) is 11.9 Å². The molecule has 3 heterocycles. The van der Waals surface area contributed by atoms with Crippen LogP contribution in [-0.4, -0.2) is 39.8 Å². The lowest BCUT2D eigenvalue weighted by molar-refractivity contribution is -0.130. The summed E-state index contributed by atoms with van der Waals surface area (Å²) in [6.07, 6.45) is -1.09. The molecule has 4 rings (SSSR count). The first-order valence-electron chi connectivity index (χ1n) is 10.2.